The average molecular weight is 558 g/mol. The molecule has 0 bridgehead atoms. The molecule has 1 N–H and O–H groups in total. The quantitative estimate of drug-likeness (QED) is 0.0523. The zero-order valence-electron chi connectivity index (χ0n) is 26.8. The maximum atomic E-state index is 11.3. The summed E-state index contributed by atoms with van der Waals surface area (Å²) >= 11 is 0. The molecule has 0 aromatic heterocycles. The maximum absolute atomic E-state index is 11.3. The minimum Gasteiger partial charge on any atom is -0.366 e. The van der Waals surface area contributed by atoms with Crippen LogP contribution in [0.25, 0.3) is 0 Å². The van der Waals surface area contributed by atoms with Gasteiger partial charge in [-0.2, -0.15) is 0 Å². The zero-order valence-corrected chi connectivity index (χ0v) is 26.8. The van der Waals surface area contributed by atoms with E-state index in [4.69, 9.17) is 0 Å². The molecule has 0 fully saturated rings. The molecule has 0 radical (unpaired) electrons. The van der Waals surface area contributed by atoms with Crippen LogP contribution in [0.5, 0.6) is 0 Å². The van der Waals surface area contributed by atoms with E-state index in [0.29, 0.717) is 12.8 Å². The van der Waals surface area contributed by atoms with E-state index in [2.05, 4.69) is 67.6 Å². The highest BCUT2D eigenvalue weighted by Crippen LogP contribution is 2.24. The fraction of sp³-hybridized carbons (Fsp3) is 0.784. The number of hydrogen-bond acceptors (Lipinski definition) is 3. The minimum atomic E-state index is -1.34. The van der Waals surface area contributed by atoms with Gasteiger partial charge in [0.2, 0.25) is 0 Å². The van der Waals surface area contributed by atoms with Crippen LogP contribution < -0.4 is 0 Å². The number of aliphatic hydroxyl groups is 1. The maximum Gasteiger partial charge on any atom is 0.197 e. The molecule has 0 heterocycles. The van der Waals surface area contributed by atoms with Gasteiger partial charge in [-0.3, -0.25) is 0 Å². The van der Waals surface area contributed by atoms with Crippen LogP contribution in [0, 0.1) is 4.91 Å². The molecule has 3 heteroatoms. The van der Waals surface area contributed by atoms with Gasteiger partial charge < -0.3 is 5.11 Å². The molecule has 0 unspecified atom stereocenters. The number of nitrogens with zero attached hydrogens (tertiary/aromatic N) is 1. The van der Waals surface area contributed by atoms with Crippen molar-refractivity contribution in [3.63, 3.8) is 0 Å². The summed E-state index contributed by atoms with van der Waals surface area (Å²) in [7, 11) is 0. The number of rotatable bonds is 31. The van der Waals surface area contributed by atoms with E-state index in [9.17, 15) is 10.0 Å². The Bertz CT molecular complexity index is 586. The summed E-state index contributed by atoms with van der Waals surface area (Å²) in [5, 5.41) is 13.7. The molecule has 0 aliphatic rings. The highest BCUT2D eigenvalue weighted by molar-refractivity contribution is 4.93. The van der Waals surface area contributed by atoms with Crippen LogP contribution in [0.3, 0.4) is 0 Å². The highest BCUT2D eigenvalue weighted by Gasteiger charge is 2.26. The first-order valence-corrected chi connectivity index (χ1v) is 17.4. The van der Waals surface area contributed by atoms with Crippen LogP contribution in [0.2, 0.25) is 0 Å². The Labute approximate surface area is 250 Å². The molecule has 0 rings (SSSR count). The summed E-state index contributed by atoms with van der Waals surface area (Å²) < 4.78 is 0. The predicted octanol–water partition coefficient (Wildman–Crippen LogP) is 12.8. The Morgan fingerprint density at radius 2 is 0.750 bits per heavy atom. The van der Waals surface area contributed by atoms with Gasteiger partial charge in [0.05, 0.1) is 0 Å². The van der Waals surface area contributed by atoms with E-state index in [0.717, 1.165) is 38.5 Å². The molecule has 0 amide bonds. The van der Waals surface area contributed by atoms with E-state index in [1.54, 1.807) is 0 Å². The lowest BCUT2D eigenvalue weighted by Gasteiger charge is -2.19. The number of hydrogen-bond donors (Lipinski definition) is 1. The van der Waals surface area contributed by atoms with Crippen molar-refractivity contribution in [2.45, 2.75) is 187 Å². The van der Waals surface area contributed by atoms with E-state index in [-0.39, 0.29) is 0 Å². The molecule has 232 valence electrons. The normalized spacial score (nSPS) is 12.7. The van der Waals surface area contributed by atoms with Gasteiger partial charge in [0, 0.05) is 12.8 Å². The Hall–Kier alpha value is -1.48. The zero-order chi connectivity index (χ0) is 29.2. The first-order valence-electron chi connectivity index (χ1n) is 17.4. The van der Waals surface area contributed by atoms with Gasteiger partial charge in [-0.25, -0.2) is 0 Å². The molecule has 0 aromatic rings. The third-order valence-corrected chi connectivity index (χ3v) is 7.73. The van der Waals surface area contributed by atoms with Gasteiger partial charge >= 0.3 is 0 Å². The summed E-state index contributed by atoms with van der Waals surface area (Å²) in [5.74, 6) is 0. The second kappa shape index (κ2) is 32.0. The van der Waals surface area contributed by atoms with Crippen LogP contribution in [-0.2, 0) is 0 Å². The second-order valence-corrected chi connectivity index (χ2v) is 11.7. The van der Waals surface area contributed by atoms with E-state index in [1.807, 2.05) is 0 Å². The van der Waals surface area contributed by atoms with Crippen molar-refractivity contribution < 1.29 is 5.11 Å². The van der Waals surface area contributed by atoms with Gasteiger partial charge in [0.1, 0.15) is 0 Å². The molecule has 0 spiro atoms. The molecule has 3 nitrogen and oxygen atoms in total. The van der Waals surface area contributed by atoms with Crippen LogP contribution in [0.4, 0.5) is 0 Å². The lowest BCUT2D eigenvalue weighted by atomic mass is 9.97. The smallest absolute Gasteiger partial charge is 0.197 e. The Kier molecular flexibility index (Phi) is 30.9. The summed E-state index contributed by atoms with van der Waals surface area (Å²) in [5.41, 5.74) is -1.34. The fourth-order valence-corrected chi connectivity index (χ4v) is 5.01. The fourth-order valence-electron chi connectivity index (χ4n) is 5.01. The second-order valence-electron chi connectivity index (χ2n) is 11.7. The average Bonchev–Trinajstić information content (AvgIpc) is 2.96. The van der Waals surface area contributed by atoms with E-state index < -0.39 is 5.72 Å². The van der Waals surface area contributed by atoms with Crippen LogP contribution in [-0.4, -0.2) is 10.8 Å². The third kappa shape index (κ3) is 29.5. The number of nitroso groups, excluding NO2 is 1. The van der Waals surface area contributed by atoms with Crippen molar-refractivity contribution in [1.82, 2.24) is 0 Å². The van der Waals surface area contributed by atoms with Crippen molar-refractivity contribution in [1.29, 1.82) is 0 Å². The van der Waals surface area contributed by atoms with Crippen molar-refractivity contribution in [3.05, 3.63) is 53.5 Å². The standard InChI is InChI=1S/C37H67NO2/c1-3-5-7-9-11-13-15-17-19-21-23-25-27-29-31-33-35-37(39,38-40)36-34-32-30-28-26-24-22-20-18-16-14-12-10-8-6-4-2/h11-14,17-20,39H,3-10,15-16,21-36H2,1-2H3/b13-11-,14-12-,19-17-,20-18-. The molecule has 0 saturated carbocycles. The summed E-state index contributed by atoms with van der Waals surface area (Å²) in [6, 6.07) is 0. The largest absolute Gasteiger partial charge is 0.366 e. The van der Waals surface area contributed by atoms with Crippen molar-refractivity contribution in [3.8, 4) is 0 Å². The Balaban J connectivity index is 3.55. The molecule has 40 heavy (non-hydrogen) atoms. The topological polar surface area (TPSA) is 49.7 Å². The summed E-state index contributed by atoms with van der Waals surface area (Å²) in [6.45, 7) is 4.50. The lowest BCUT2D eigenvalue weighted by Crippen LogP contribution is -2.25. The lowest BCUT2D eigenvalue weighted by molar-refractivity contribution is 0.0249. The molecular formula is C37H67NO2. The summed E-state index contributed by atoms with van der Waals surface area (Å²) in [6.07, 6.45) is 48.1. The van der Waals surface area contributed by atoms with Gasteiger partial charge in [-0.15, -0.1) is 4.91 Å². The van der Waals surface area contributed by atoms with Crippen molar-refractivity contribution in [2.24, 2.45) is 5.18 Å². The Morgan fingerprint density at radius 3 is 1.07 bits per heavy atom. The molecule has 0 aliphatic carbocycles. The first kappa shape index (κ1) is 38.5. The van der Waals surface area contributed by atoms with Gasteiger partial charge in [-0.1, -0.05) is 140 Å². The van der Waals surface area contributed by atoms with E-state index >= 15 is 0 Å². The van der Waals surface area contributed by atoms with Crippen molar-refractivity contribution in [2.75, 3.05) is 0 Å². The number of unbranched alkanes of at least 4 members (excludes halogenated alkanes) is 18. The van der Waals surface area contributed by atoms with Crippen LogP contribution in [0.15, 0.2) is 53.8 Å². The van der Waals surface area contributed by atoms with E-state index in [1.165, 1.54) is 116 Å². The highest BCUT2D eigenvalue weighted by atomic mass is 16.4. The van der Waals surface area contributed by atoms with Crippen molar-refractivity contribution >= 4 is 0 Å². The molecule has 0 saturated heterocycles. The third-order valence-electron chi connectivity index (χ3n) is 7.73. The van der Waals surface area contributed by atoms with Gasteiger partial charge in [0.25, 0.3) is 0 Å². The van der Waals surface area contributed by atoms with Crippen LogP contribution >= 0.6 is 0 Å². The van der Waals surface area contributed by atoms with Crippen LogP contribution in [0.1, 0.15) is 181 Å². The molecule has 0 atom stereocenters. The first-order chi connectivity index (χ1) is 19.7. The molecule has 0 aromatic carbocycles. The minimum absolute atomic E-state index is 0.519. The van der Waals surface area contributed by atoms with Gasteiger partial charge in [0.15, 0.2) is 5.72 Å². The van der Waals surface area contributed by atoms with Gasteiger partial charge in [-0.05, 0) is 82.2 Å². The molecular weight excluding hydrogens is 490 g/mol. The molecule has 0 aliphatic heterocycles. The summed E-state index contributed by atoms with van der Waals surface area (Å²) in [4.78, 5) is 11.3. The number of allylic oxidation sites excluding steroid dienone is 8. The SMILES string of the molecule is CCCCC/C=C\C/C=C\CCCCCCCCC(O)(CCCCCCCC/C=C\C/C=C\CCCCC)N=O. The monoisotopic (exact) mass is 558 g/mol. The predicted molar refractivity (Wildman–Crippen MR) is 179 cm³/mol. The Morgan fingerprint density at radius 1 is 0.450 bits per heavy atom.